The largest absolute Gasteiger partial charge is 0.320 e. The van der Waals surface area contributed by atoms with Crippen LogP contribution in [0.4, 0.5) is 15.8 Å². The van der Waals surface area contributed by atoms with Crippen molar-refractivity contribution in [3.63, 3.8) is 0 Å². The van der Waals surface area contributed by atoms with Crippen LogP contribution < -0.4 is 5.32 Å². The number of thioether (sulfide) groups is 1. The molecule has 0 radical (unpaired) electrons. The number of carbonyl (C=O) groups excluding carboxylic acids is 1. The van der Waals surface area contributed by atoms with E-state index in [-0.39, 0.29) is 11.4 Å². The van der Waals surface area contributed by atoms with Gasteiger partial charge in [-0.1, -0.05) is 12.1 Å². The molecule has 2 aromatic rings. The molecule has 0 unspecified atom stereocenters. The summed E-state index contributed by atoms with van der Waals surface area (Å²) in [6.45, 7) is 0. The maximum absolute atomic E-state index is 13.6. The Labute approximate surface area is 136 Å². The number of nitro groups is 1. The Morgan fingerprint density at radius 2 is 1.96 bits per heavy atom. The number of rotatable bonds is 5. The Bertz CT molecular complexity index is 760. The van der Waals surface area contributed by atoms with Crippen LogP contribution in [0.3, 0.4) is 0 Å². The number of non-ortho nitro benzene ring substituents is 1. The Morgan fingerprint density at radius 1 is 1.26 bits per heavy atom. The molecule has 0 aliphatic heterocycles. The maximum Gasteiger partial charge on any atom is 0.271 e. The number of nitro benzene ring substituents is 1. The number of carbonyl (C=O) groups is 1. The lowest BCUT2D eigenvalue weighted by molar-refractivity contribution is -0.384. The first-order valence-electron chi connectivity index (χ1n) is 6.56. The van der Waals surface area contributed by atoms with Crippen LogP contribution in [0.25, 0.3) is 6.08 Å². The van der Waals surface area contributed by atoms with Gasteiger partial charge in [-0.2, -0.15) is 0 Å². The number of nitrogens with zero attached hydrogens (tertiary/aromatic N) is 1. The fourth-order valence-corrected chi connectivity index (χ4v) is 2.19. The first-order valence-corrected chi connectivity index (χ1v) is 7.79. The number of hydrogen-bond acceptors (Lipinski definition) is 4. The van der Waals surface area contributed by atoms with Gasteiger partial charge in [0.1, 0.15) is 5.82 Å². The molecular weight excluding hydrogens is 319 g/mol. The van der Waals surface area contributed by atoms with Crippen LogP contribution in [0.1, 0.15) is 5.56 Å². The summed E-state index contributed by atoms with van der Waals surface area (Å²) in [7, 11) is 0. The van der Waals surface area contributed by atoms with E-state index in [1.54, 1.807) is 17.8 Å². The summed E-state index contributed by atoms with van der Waals surface area (Å²) in [6.07, 6.45) is 4.78. The van der Waals surface area contributed by atoms with Crippen molar-refractivity contribution in [1.29, 1.82) is 0 Å². The van der Waals surface area contributed by atoms with Crippen LogP contribution in [-0.2, 0) is 4.79 Å². The molecule has 0 bridgehead atoms. The van der Waals surface area contributed by atoms with E-state index in [9.17, 15) is 19.3 Å². The lowest BCUT2D eigenvalue weighted by atomic mass is 10.2. The van der Waals surface area contributed by atoms with E-state index >= 15 is 0 Å². The summed E-state index contributed by atoms with van der Waals surface area (Å²) in [6, 6.07) is 10.5. The van der Waals surface area contributed by atoms with Crippen molar-refractivity contribution >= 4 is 35.1 Å². The van der Waals surface area contributed by atoms with Gasteiger partial charge in [-0.3, -0.25) is 14.9 Å². The summed E-state index contributed by atoms with van der Waals surface area (Å²) in [5, 5.41) is 13.0. The Morgan fingerprint density at radius 3 is 2.57 bits per heavy atom. The van der Waals surface area contributed by atoms with Crippen molar-refractivity contribution in [2.45, 2.75) is 4.90 Å². The molecule has 0 atom stereocenters. The molecule has 1 N–H and O–H groups in total. The molecule has 23 heavy (non-hydrogen) atoms. The van der Waals surface area contributed by atoms with E-state index < -0.39 is 16.6 Å². The molecule has 0 fully saturated rings. The molecule has 0 saturated heterocycles. The first-order chi connectivity index (χ1) is 11.0. The normalized spacial score (nSPS) is 10.7. The van der Waals surface area contributed by atoms with Crippen LogP contribution in [0.5, 0.6) is 0 Å². The smallest absolute Gasteiger partial charge is 0.271 e. The maximum atomic E-state index is 13.6. The minimum Gasteiger partial charge on any atom is -0.320 e. The molecule has 0 saturated carbocycles. The molecule has 5 nitrogen and oxygen atoms in total. The fraction of sp³-hybridized carbons (Fsp3) is 0.0625. The highest BCUT2D eigenvalue weighted by atomic mass is 32.2. The predicted octanol–water partition coefficient (Wildman–Crippen LogP) is 4.11. The number of amides is 1. The van der Waals surface area contributed by atoms with Gasteiger partial charge < -0.3 is 5.32 Å². The van der Waals surface area contributed by atoms with E-state index in [0.717, 1.165) is 28.7 Å². The molecular formula is C16H13FN2O3S. The second kappa shape index (κ2) is 7.55. The van der Waals surface area contributed by atoms with Gasteiger partial charge >= 0.3 is 0 Å². The molecule has 2 rings (SSSR count). The fourth-order valence-electron chi connectivity index (χ4n) is 1.78. The van der Waals surface area contributed by atoms with Crippen molar-refractivity contribution in [1.82, 2.24) is 0 Å². The summed E-state index contributed by atoms with van der Waals surface area (Å²) >= 11 is 1.61. The van der Waals surface area contributed by atoms with E-state index in [2.05, 4.69) is 5.32 Å². The van der Waals surface area contributed by atoms with Crippen molar-refractivity contribution < 1.29 is 14.1 Å². The zero-order chi connectivity index (χ0) is 16.8. The third-order valence-electron chi connectivity index (χ3n) is 2.96. The molecule has 7 heteroatoms. The van der Waals surface area contributed by atoms with Crippen LogP contribution in [-0.4, -0.2) is 17.1 Å². The van der Waals surface area contributed by atoms with Gasteiger partial charge in [0.2, 0.25) is 5.91 Å². The molecule has 1 amide bonds. The average Bonchev–Trinajstić information content (AvgIpc) is 2.55. The van der Waals surface area contributed by atoms with Gasteiger partial charge in [-0.05, 0) is 36.1 Å². The van der Waals surface area contributed by atoms with Gasteiger partial charge in [0.25, 0.3) is 5.69 Å². The third-order valence-corrected chi connectivity index (χ3v) is 3.71. The predicted molar refractivity (Wildman–Crippen MR) is 88.9 cm³/mol. The van der Waals surface area contributed by atoms with E-state index in [0.29, 0.717) is 0 Å². The monoisotopic (exact) mass is 332 g/mol. The zero-order valence-electron chi connectivity index (χ0n) is 12.2. The van der Waals surface area contributed by atoms with Gasteiger partial charge in [0.15, 0.2) is 0 Å². The summed E-state index contributed by atoms with van der Waals surface area (Å²) in [5.41, 5.74) is 0.294. The van der Waals surface area contributed by atoms with Crippen molar-refractivity contribution in [2.75, 3.05) is 11.6 Å². The molecule has 0 aromatic heterocycles. The highest BCUT2D eigenvalue weighted by Gasteiger charge is 2.11. The van der Waals surface area contributed by atoms with Gasteiger partial charge in [0.05, 0.1) is 10.6 Å². The minimum absolute atomic E-state index is 0.230. The minimum atomic E-state index is -0.735. The standard InChI is InChI=1S/C16H13FN2O3S/c1-23-13-6-2-11(3-7-13)4-9-16(20)18-15-10-12(19(21)22)5-8-14(15)17/h2-10H,1H3,(H,18,20)/b9-4+. The van der Waals surface area contributed by atoms with Gasteiger partial charge in [-0.25, -0.2) is 4.39 Å². The SMILES string of the molecule is CSc1ccc(/C=C/C(=O)Nc2cc([N+](=O)[O-])ccc2F)cc1. The number of benzene rings is 2. The van der Waals surface area contributed by atoms with Crippen LogP contribution in [0, 0.1) is 15.9 Å². The van der Waals surface area contributed by atoms with Crippen LogP contribution >= 0.6 is 11.8 Å². The highest BCUT2D eigenvalue weighted by Crippen LogP contribution is 2.21. The molecule has 0 heterocycles. The molecule has 118 valence electrons. The quantitative estimate of drug-likeness (QED) is 0.387. The average molecular weight is 332 g/mol. The van der Waals surface area contributed by atoms with Gasteiger partial charge in [-0.15, -0.1) is 11.8 Å². The lowest BCUT2D eigenvalue weighted by Crippen LogP contribution is -2.09. The highest BCUT2D eigenvalue weighted by molar-refractivity contribution is 7.98. The summed E-state index contributed by atoms with van der Waals surface area (Å²) in [5.74, 6) is -1.31. The molecule has 0 aliphatic rings. The van der Waals surface area contributed by atoms with Crippen molar-refractivity contribution in [3.05, 3.63) is 70.0 Å². The number of hydrogen-bond donors (Lipinski definition) is 1. The number of halogens is 1. The topological polar surface area (TPSA) is 72.2 Å². The number of nitrogens with one attached hydrogen (secondary N) is 1. The van der Waals surface area contributed by atoms with Crippen LogP contribution in [0.2, 0.25) is 0 Å². The summed E-state index contributed by atoms with van der Waals surface area (Å²) < 4.78 is 13.6. The lowest BCUT2D eigenvalue weighted by Gasteiger charge is -2.03. The third kappa shape index (κ3) is 4.65. The van der Waals surface area contributed by atoms with E-state index in [4.69, 9.17) is 0 Å². The Kier molecular flexibility index (Phi) is 5.48. The number of anilines is 1. The van der Waals surface area contributed by atoms with Gasteiger partial charge in [0, 0.05) is 23.1 Å². The van der Waals surface area contributed by atoms with E-state index in [1.807, 2.05) is 30.5 Å². The second-order valence-corrected chi connectivity index (χ2v) is 5.40. The van der Waals surface area contributed by atoms with Crippen molar-refractivity contribution in [2.24, 2.45) is 0 Å². The second-order valence-electron chi connectivity index (χ2n) is 4.52. The van der Waals surface area contributed by atoms with Crippen molar-refractivity contribution in [3.8, 4) is 0 Å². The summed E-state index contributed by atoms with van der Waals surface area (Å²) in [4.78, 5) is 22.9. The first kappa shape index (κ1) is 16.7. The molecule has 0 aliphatic carbocycles. The Hall–Kier alpha value is -2.67. The molecule has 2 aromatic carbocycles. The van der Waals surface area contributed by atoms with Crippen LogP contribution in [0.15, 0.2) is 53.4 Å². The Balaban J connectivity index is 2.08. The zero-order valence-corrected chi connectivity index (χ0v) is 13.0. The van der Waals surface area contributed by atoms with E-state index in [1.165, 1.54) is 6.08 Å². The molecule has 0 spiro atoms.